The molecule has 2 amide bonds. The maximum absolute atomic E-state index is 13.4. The number of ether oxygens (including phenoxy) is 1. The first-order chi connectivity index (χ1) is 25.1. The maximum Gasteiger partial charge on any atom is 0.274 e. The number of pyridine rings is 1. The van der Waals surface area contributed by atoms with Gasteiger partial charge in [0.15, 0.2) is 10.3 Å². The van der Waals surface area contributed by atoms with Gasteiger partial charge in [0.1, 0.15) is 17.0 Å². The Morgan fingerprint density at radius 1 is 0.774 bits per heavy atom. The average Bonchev–Trinajstić information content (AvgIpc) is 3.90. The van der Waals surface area contributed by atoms with Crippen LogP contribution in [0, 0.1) is 0 Å². The van der Waals surface area contributed by atoms with Crippen molar-refractivity contribution in [2.75, 3.05) is 10.6 Å². The highest BCUT2D eigenvalue weighted by Gasteiger charge is 2.27. The number of amides is 2. The third kappa shape index (κ3) is 8.74. The van der Waals surface area contributed by atoms with Crippen molar-refractivity contribution in [2.24, 2.45) is 0 Å². The predicted octanol–water partition coefficient (Wildman–Crippen LogP) is 10.1. The van der Waals surface area contributed by atoms with Crippen molar-refractivity contribution in [1.29, 1.82) is 0 Å². The van der Waals surface area contributed by atoms with Crippen molar-refractivity contribution in [2.45, 2.75) is 78.7 Å². The highest BCUT2D eigenvalue weighted by Crippen LogP contribution is 2.36. The highest BCUT2D eigenvalue weighted by atomic mass is 35.5. The van der Waals surface area contributed by atoms with E-state index in [0.29, 0.717) is 56.0 Å². The molecule has 0 bridgehead atoms. The number of benzene rings is 1. The van der Waals surface area contributed by atoms with E-state index in [-0.39, 0.29) is 23.3 Å². The van der Waals surface area contributed by atoms with Crippen molar-refractivity contribution in [1.82, 2.24) is 24.1 Å². The number of hydrogen-bond donors (Lipinski definition) is 2. The van der Waals surface area contributed by atoms with Crippen molar-refractivity contribution in [3.05, 3.63) is 122 Å². The maximum atomic E-state index is 13.4. The fraction of sp³-hybridized carbons (Fsp3) is 0.308. The number of anilines is 2. The fourth-order valence-corrected chi connectivity index (χ4v) is 8.16. The standard InChI is InChI=1S/C39H41Cl2N7O3S2/c1-23(2)51-39(6,7)30-22-53-37(44-30)46-35(50)27-13-9-17-47(27)19-24-11-8-12-26(31(24)40)33-32(41)25(15-16-42-33)20-48-18-10-14-28(48)34(49)45-36-43-29(21-52-36)38(3,4)5/h8-18,21-23H,19-20H2,1-7H3,(H,43,45,49)(H,44,46,50). The normalized spacial score (nSPS) is 12.0. The van der Waals surface area contributed by atoms with E-state index in [1.165, 1.54) is 22.7 Å². The van der Waals surface area contributed by atoms with E-state index >= 15 is 0 Å². The van der Waals surface area contributed by atoms with Gasteiger partial charge in [0.2, 0.25) is 0 Å². The van der Waals surface area contributed by atoms with Gasteiger partial charge >= 0.3 is 0 Å². The van der Waals surface area contributed by atoms with Gasteiger partial charge in [0, 0.05) is 53.4 Å². The second-order valence-corrected chi connectivity index (χ2v) is 16.8. The molecule has 5 heterocycles. The predicted molar refractivity (Wildman–Crippen MR) is 215 cm³/mol. The monoisotopic (exact) mass is 789 g/mol. The first-order valence-corrected chi connectivity index (χ1v) is 19.6. The first-order valence-electron chi connectivity index (χ1n) is 17.0. The zero-order valence-corrected chi connectivity index (χ0v) is 33.7. The Morgan fingerprint density at radius 3 is 1.87 bits per heavy atom. The van der Waals surface area contributed by atoms with Gasteiger partial charge in [-0.1, -0.05) is 62.2 Å². The third-order valence-corrected chi connectivity index (χ3v) is 10.9. The van der Waals surface area contributed by atoms with Crippen LogP contribution in [0.15, 0.2) is 77.9 Å². The Bertz CT molecular complexity index is 2260. The van der Waals surface area contributed by atoms with Gasteiger partial charge in [0.05, 0.1) is 33.2 Å². The number of nitrogens with zero attached hydrogens (tertiary/aromatic N) is 5. The Labute approximate surface area is 327 Å². The number of hydrogen-bond acceptors (Lipinski definition) is 8. The molecule has 6 rings (SSSR count). The molecule has 276 valence electrons. The minimum atomic E-state index is -0.590. The van der Waals surface area contributed by atoms with Crippen LogP contribution in [0.3, 0.4) is 0 Å². The lowest BCUT2D eigenvalue weighted by atomic mass is 9.93. The quantitative estimate of drug-likeness (QED) is 0.128. The molecule has 6 aromatic rings. The number of carbonyl (C=O) groups is 2. The van der Waals surface area contributed by atoms with Gasteiger partial charge in [0.25, 0.3) is 11.8 Å². The van der Waals surface area contributed by atoms with Crippen LogP contribution < -0.4 is 10.6 Å². The summed E-state index contributed by atoms with van der Waals surface area (Å²) in [6, 6.07) is 14.6. The van der Waals surface area contributed by atoms with Gasteiger partial charge < -0.3 is 13.9 Å². The molecule has 0 aliphatic carbocycles. The van der Waals surface area contributed by atoms with E-state index in [4.69, 9.17) is 27.9 Å². The Kier molecular flexibility index (Phi) is 11.3. The molecule has 0 saturated carbocycles. The molecule has 2 N–H and O–H groups in total. The molecule has 0 atom stereocenters. The summed E-state index contributed by atoms with van der Waals surface area (Å²) in [5.41, 5.74) is 4.60. The molecular weight excluding hydrogens is 750 g/mol. The SMILES string of the molecule is CC(C)OC(C)(C)c1csc(NC(=O)c2cccn2Cc2cccc(-c3nccc(Cn4cccc4C(=O)Nc4nc(C(C)(C)C)cs4)c3Cl)c2Cl)n1. The summed E-state index contributed by atoms with van der Waals surface area (Å²) in [5.74, 6) is -0.553. The molecular formula is C39H41Cl2N7O3S2. The number of halogens is 2. The number of rotatable bonds is 12. The summed E-state index contributed by atoms with van der Waals surface area (Å²) in [6.07, 6.45) is 5.38. The lowest BCUT2D eigenvalue weighted by molar-refractivity contribution is -0.0623. The number of aromatic nitrogens is 5. The third-order valence-electron chi connectivity index (χ3n) is 8.47. The molecule has 53 heavy (non-hydrogen) atoms. The van der Waals surface area contributed by atoms with Gasteiger partial charge in [-0.25, -0.2) is 9.97 Å². The van der Waals surface area contributed by atoms with Crippen LogP contribution in [0.4, 0.5) is 10.3 Å². The van der Waals surface area contributed by atoms with Gasteiger partial charge in [-0.05, 0) is 69.2 Å². The molecule has 0 radical (unpaired) electrons. The Balaban J connectivity index is 1.18. The highest BCUT2D eigenvalue weighted by molar-refractivity contribution is 7.14. The number of carbonyl (C=O) groups excluding carboxylic acids is 2. The van der Waals surface area contributed by atoms with Crippen LogP contribution in [0.5, 0.6) is 0 Å². The van der Waals surface area contributed by atoms with Crippen LogP contribution in [-0.4, -0.2) is 42.0 Å². The molecule has 5 aromatic heterocycles. The molecule has 0 fully saturated rings. The Morgan fingerprint density at radius 2 is 1.32 bits per heavy atom. The van der Waals surface area contributed by atoms with E-state index in [0.717, 1.165) is 22.5 Å². The zero-order valence-electron chi connectivity index (χ0n) is 30.5. The molecule has 14 heteroatoms. The van der Waals surface area contributed by atoms with Crippen LogP contribution in [-0.2, 0) is 28.8 Å². The lowest BCUT2D eigenvalue weighted by Crippen LogP contribution is -2.26. The smallest absolute Gasteiger partial charge is 0.274 e. The van der Waals surface area contributed by atoms with E-state index in [1.807, 2.05) is 96.4 Å². The number of nitrogens with one attached hydrogen (secondary N) is 2. The van der Waals surface area contributed by atoms with Crippen molar-refractivity contribution in [3.8, 4) is 11.3 Å². The summed E-state index contributed by atoms with van der Waals surface area (Å²) in [6.45, 7) is 14.8. The summed E-state index contributed by atoms with van der Waals surface area (Å²) in [7, 11) is 0. The van der Waals surface area contributed by atoms with Gasteiger partial charge in [-0.15, -0.1) is 22.7 Å². The van der Waals surface area contributed by atoms with Crippen LogP contribution >= 0.6 is 45.9 Å². The average molecular weight is 791 g/mol. The van der Waals surface area contributed by atoms with Crippen molar-refractivity contribution >= 4 is 68.0 Å². The second-order valence-electron chi connectivity index (χ2n) is 14.4. The fourth-order valence-electron chi connectivity index (χ4n) is 5.82. The minimum absolute atomic E-state index is 0.0319. The van der Waals surface area contributed by atoms with Crippen molar-refractivity contribution < 1.29 is 14.3 Å². The summed E-state index contributed by atoms with van der Waals surface area (Å²) in [4.78, 5) is 40.5. The van der Waals surface area contributed by atoms with Gasteiger partial charge in [-0.3, -0.25) is 25.2 Å². The largest absolute Gasteiger partial charge is 0.367 e. The Hall–Kier alpha value is -4.33. The molecule has 0 aliphatic heterocycles. The van der Waals surface area contributed by atoms with Gasteiger partial charge in [-0.2, -0.15) is 0 Å². The van der Waals surface area contributed by atoms with E-state index in [1.54, 1.807) is 18.3 Å². The van der Waals surface area contributed by atoms with Crippen LogP contribution in [0.25, 0.3) is 11.3 Å². The van der Waals surface area contributed by atoms with E-state index in [9.17, 15) is 9.59 Å². The summed E-state index contributed by atoms with van der Waals surface area (Å²) < 4.78 is 9.68. The van der Waals surface area contributed by atoms with Crippen LogP contribution in [0.1, 0.15) is 92.0 Å². The molecule has 10 nitrogen and oxygen atoms in total. The minimum Gasteiger partial charge on any atom is -0.367 e. The zero-order chi connectivity index (χ0) is 38.1. The molecule has 1 aromatic carbocycles. The molecule has 0 aliphatic rings. The van der Waals surface area contributed by atoms with Crippen LogP contribution in [0.2, 0.25) is 10.0 Å². The molecule has 0 saturated heterocycles. The van der Waals surface area contributed by atoms with E-state index in [2.05, 4.69) is 46.4 Å². The lowest BCUT2D eigenvalue weighted by Gasteiger charge is -2.25. The second kappa shape index (κ2) is 15.6. The van der Waals surface area contributed by atoms with Crippen molar-refractivity contribution in [3.63, 3.8) is 0 Å². The first kappa shape index (κ1) is 38.4. The molecule has 0 spiro atoms. The molecule has 0 unspecified atom stereocenters. The topological polar surface area (TPSA) is 116 Å². The summed E-state index contributed by atoms with van der Waals surface area (Å²) in [5, 5.41) is 11.7. The van der Waals surface area contributed by atoms with E-state index < -0.39 is 5.60 Å². The number of thiazole rings is 2. The summed E-state index contributed by atoms with van der Waals surface area (Å²) >= 11 is 16.8.